The second-order valence-corrected chi connectivity index (χ2v) is 2.92. The first-order valence-electron chi connectivity index (χ1n) is 3.22. The molecule has 0 aliphatic carbocycles. The highest BCUT2D eigenvalue weighted by molar-refractivity contribution is 7.61. The van der Waals surface area contributed by atoms with E-state index in [0.717, 1.165) is 0 Å². The van der Waals surface area contributed by atoms with Gasteiger partial charge in [-0.15, -0.1) is 0 Å². The SMILES string of the molecule is CC(=CC(C)N=S(=O)=O)C(N)=O. The Morgan fingerprint density at radius 1 is 1.58 bits per heavy atom. The Bertz CT molecular complexity index is 321. The van der Waals surface area contributed by atoms with E-state index in [-0.39, 0.29) is 0 Å². The van der Waals surface area contributed by atoms with Crippen molar-refractivity contribution in [2.75, 3.05) is 0 Å². The first-order chi connectivity index (χ1) is 5.43. The van der Waals surface area contributed by atoms with E-state index in [1.54, 1.807) is 6.92 Å². The third kappa shape index (κ3) is 4.62. The molecule has 0 aromatic carbocycles. The van der Waals surface area contributed by atoms with Crippen LogP contribution in [0.5, 0.6) is 0 Å². The van der Waals surface area contributed by atoms with Gasteiger partial charge in [0.15, 0.2) is 0 Å². The zero-order valence-electron chi connectivity index (χ0n) is 6.81. The molecule has 12 heavy (non-hydrogen) atoms. The molecule has 0 aromatic rings. The molecule has 0 saturated carbocycles. The van der Waals surface area contributed by atoms with Crippen LogP contribution in [-0.2, 0) is 15.3 Å². The van der Waals surface area contributed by atoms with Gasteiger partial charge in [0.1, 0.15) is 0 Å². The van der Waals surface area contributed by atoms with Gasteiger partial charge >= 0.3 is 10.5 Å². The molecule has 0 heterocycles. The number of hydrogen-bond donors (Lipinski definition) is 1. The van der Waals surface area contributed by atoms with Gasteiger partial charge in [-0.2, -0.15) is 12.8 Å². The van der Waals surface area contributed by atoms with Gasteiger partial charge in [0.05, 0.1) is 6.04 Å². The summed E-state index contributed by atoms with van der Waals surface area (Å²) in [6.45, 7) is 3.05. The fourth-order valence-corrected chi connectivity index (χ4v) is 0.942. The summed E-state index contributed by atoms with van der Waals surface area (Å²) in [6.07, 6.45) is 1.39. The number of rotatable bonds is 3. The van der Waals surface area contributed by atoms with Crippen molar-refractivity contribution in [2.45, 2.75) is 19.9 Å². The molecule has 0 radical (unpaired) electrons. The Balaban J connectivity index is 4.55. The van der Waals surface area contributed by atoms with Crippen molar-refractivity contribution >= 4 is 16.4 Å². The Morgan fingerprint density at radius 2 is 2.08 bits per heavy atom. The third-order valence-electron chi connectivity index (χ3n) is 1.13. The number of carbonyl (C=O) groups is 1. The summed E-state index contributed by atoms with van der Waals surface area (Å²) < 4.78 is 23.3. The van der Waals surface area contributed by atoms with Gasteiger partial charge in [-0.1, -0.05) is 6.08 Å². The van der Waals surface area contributed by atoms with Crippen LogP contribution < -0.4 is 5.73 Å². The lowest BCUT2D eigenvalue weighted by atomic mass is 10.2. The van der Waals surface area contributed by atoms with Crippen LogP contribution in [0.3, 0.4) is 0 Å². The number of hydrogen-bond acceptors (Lipinski definition) is 4. The first kappa shape index (κ1) is 10.8. The smallest absolute Gasteiger partial charge is 0.311 e. The maximum atomic E-state index is 10.5. The molecule has 5 nitrogen and oxygen atoms in total. The van der Waals surface area contributed by atoms with Crippen molar-refractivity contribution in [1.29, 1.82) is 0 Å². The fourth-order valence-electron chi connectivity index (χ4n) is 0.610. The average Bonchev–Trinajstić information content (AvgIpc) is 1.84. The quantitative estimate of drug-likeness (QED) is 0.628. The van der Waals surface area contributed by atoms with Crippen LogP contribution in [0.2, 0.25) is 0 Å². The Labute approximate surface area is 72.0 Å². The van der Waals surface area contributed by atoms with E-state index in [0.29, 0.717) is 5.57 Å². The molecule has 0 aliphatic rings. The van der Waals surface area contributed by atoms with Crippen molar-refractivity contribution in [2.24, 2.45) is 10.1 Å². The second-order valence-electron chi connectivity index (χ2n) is 2.28. The number of primary amides is 1. The average molecular weight is 190 g/mol. The van der Waals surface area contributed by atoms with Gasteiger partial charge in [-0.25, -0.2) is 0 Å². The maximum Gasteiger partial charge on any atom is 0.311 e. The fraction of sp³-hybridized carbons (Fsp3) is 0.500. The van der Waals surface area contributed by atoms with Crippen LogP contribution in [-0.4, -0.2) is 20.4 Å². The summed E-state index contributed by atoms with van der Waals surface area (Å²) in [6, 6.07) is -0.546. The van der Waals surface area contributed by atoms with Crippen LogP contribution in [0.15, 0.2) is 16.0 Å². The van der Waals surface area contributed by atoms with E-state index in [9.17, 15) is 13.2 Å². The lowest BCUT2D eigenvalue weighted by Crippen LogP contribution is -2.13. The number of nitrogens with zero attached hydrogens (tertiary/aromatic N) is 1. The lowest BCUT2D eigenvalue weighted by Gasteiger charge is -1.96. The molecule has 2 N–H and O–H groups in total. The van der Waals surface area contributed by atoms with Crippen molar-refractivity contribution in [1.82, 2.24) is 0 Å². The summed E-state index contributed by atoms with van der Waals surface area (Å²) in [5.74, 6) is -0.575. The predicted octanol–water partition coefficient (Wildman–Crippen LogP) is -0.131. The van der Waals surface area contributed by atoms with Gasteiger partial charge in [-0.3, -0.25) is 4.79 Å². The highest BCUT2D eigenvalue weighted by atomic mass is 32.2. The van der Waals surface area contributed by atoms with Gasteiger partial charge < -0.3 is 5.73 Å². The molecule has 1 atom stereocenters. The van der Waals surface area contributed by atoms with Crippen molar-refractivity contribution < 1.29 is 13.2 Å². The highest BCUT2D eigenvalue weighted by Gasteiger charge is 2.00. The van der Waals surface area contributed by atoms with Gasteiger partial charge in [0.25, 0.3) is 0 Å². The standard InChI is InChI=1S/C6H10N2O3S/c1-4(6(7)9)3-5(2)8-12(10)11/h3,5H,1-2H3,(H2,7,9). The topological polar surface area (TPSA) is 89.6 Å². The summed E-state index contributed by atoms with van der Waals surface area (Å²) in [5.41, 5.74) is 5.21. The van der Waals surface area contributed by atoms with Crippen molar-refractivity contribution in [3.8, 4) is 0 Å². The molecule has 0 bridgehead atoms. The number of amides is 1. The van der Waals surface area contributed by atoms with Crippen LogP contribution >= 0.6 is 0 Å². The monoisotopic (exact) mass is 190 g/mol. The number of nitrogens with two attached hydrogens (primary N) is 1. The molecule has 1 unspecified atom stereocenters. The van der Waals surface area contributed by atoms with Crippen molar-refractivity contribution in [3.63, 3.8) is 0 Å². The molecule has 0 saturated heterocycles. The normalized spacial score (nSPS) is 13.7. The molecule has 0 aliphatic heterocycles. The minimum absolute atomic E-state index is 0.303. The van der Waals surface area contributed by atoms with Gasteiger partial charge in [0.2, 0.25) is 5.91 Å². The van der Waals surface area contributed by atoms with E-state index < -0.39 is 22.4 Å². The van der Waals surface area contributed by atoms with Crippen molar-refractivity contribution in [3.05, 3.63) is 11.6 Å². The molecule has 0 spiro atoms. The molecule has 68 valence electrons. The minimum Gasteiger partial charge on any atom is -0.366 e. The van der Waals surface area contributed by atoms with E-state index in [1.165, 1.54) is 13.0 Å². The summed E-state index contributed by atoms with van der Waals surface area (Å²) in [4.78, 5) is 10.5. The van der Waals surface area contributed by atoms with Gasteiger partial charge in [-0.05, 0) is 13.8 Å². The van der Waals surface area contributed by atoms with Gasteiger partial charge in [0, 0.05) is 5.57 Å². The lowest BCUT2D eigenvalue weighted by molar-refractivity contribution is -0.114. The van der Waals surface area contributed by atoms with E-state index in [4.69, 9.17) is 5.73 Å². The van der Waals surface area contributed by atoms with E-state index in [1.807, 2.05) is 0 Å². The molecule has 0 rings (SSSR count). The van der Waals surface area contributed by atoms with Crippen LogP contribution in [0.1, 0.15) is 13.8 Å². The zero-order chi connectivity index (χ0) is 9.72. The molecule has 1 amide bonds. The molecule has 0 aromatic heterocycles. The Hall–Kier alpha value is -1.17. The van der Waals surface area contributed by atoms with E-state index in [2.05, 4.69) is 4.36 Å². The van der Waals surface area contributed by atoms with Crippen LogP contribution in [0.4, 0.5) is 0 Å². The summed E-state index contributed by atoms with van der Waals surface area (Å²) in [7, 11) is -2.45. The molecule has 6 heteroatoms. The summed E-state index contributed by atoms with van der Waals surface area (Å²) >= 11 is 0. The largest absolute Gasteiger partial charge is 0.366 e. The highest BCUT2D eigenvalue weighted by Crippen LogP contribution is 1.97. The Kier molecular flexibility index (Phi) is 4.20. The Morgan fingerprint density at radius 3 is 2.42 bits per heavy atom. The first-order valence-corrected chi connectivity index (χ1v) is 4.25. The molecular formula is C6H10N2O3S. The molecular weight excluding hydrogens is 180 g/mol. The number of carbonyl (C=O) groups excluding carboxylic acids is 1. The zero-order valence-corrected chi connectivity index (χ0v) is 7.63. The minimum atomic E-state index is -2.45. The molecule has 0 fully saturated rings. The van der Waals surface area contributed by atoms with E-state index >= 15 is 0 Å². The predicted molar refractivity (Wildman–Crippen MR) is 43.8 cm³/mol. The maximum absolute atomic E-state index is 10.5. The second kappa shape index (κ2) is 4.66. The summed E-state index contributed by atoms with van der Waals surface area (Å²) in [5, 5.41) is 0. The van der Waals surface area contributed by atoms with Crippen LogP contribution in [0, 0.1) is 0 Å². The third-order valence-corrected chi connectivity index (χ3v) is 1.64. The van der Waals surface area contributed by atoms with Crippen LogP contribution in [0.25, 0.3) is 0 Å².